The van der Waals surface area contributed by atoms with Gasteiger partial charge in [0, 0.05) is 5.56 Å². The van der Waals surface area contributed by atoms with E-state index in [1.807, 2.05) is 30.3 Å². The standard InChI is InChI=1S/C17H18N6O3S/c1-12(13-7-9-15(10-8-13)27(18,25)26)19-16(24)11-23-21-17(20-22-23)14-5-3-2-4-6-14/h2-10,12H,11H2,1H3,(H,19,24)(H2,18,25,26)/t12-/m1/s1. The largest absolute Gasteiger partial charge is 0.348 e. The van der Waals surface area contributed by atoms with E-state index < -0.39 is 10.0 Å². The summed E-state index contributed by atoms with van der Waals surface area (Å²) < 4.78 is 22.6. The maximum Gasteiger partial charge on any atom is 0.244 e. The highest BCUT2D eigenvalue weighted by Crippen LogP contribution is 2.15. The van der Waals surface area contributed by atoms with Crippen molar-refractivity contribution in [2.75, 3.05) is 0 Å². The second-order valence-electron chi connectivity index (χ2n) is 5.91. The number of nitrogens with zero attached hydrogens (tertiary/aromatic N) is 4. The van der Waals surface area contributed by atoms with Gasteiger partial charge < -0.3 is 5.32 Å². The molecule has 2 aromatic carbocycles. The SMILES string of the molecule is C[C@@H](NC(=O)Cn1nnc(-c2ccccc2)n1)c1ccc(S(N)(=O)=O)cc1. The van der Waals surface area contributed by atoms with Crippen molar-refractivity contribution in [1.29, 1.82) is 0 Å². The molecule has 0 aliphatic rings. The summed E-state index contributed by atoms with van der Waals surface area (Å²) in [6.45, 7) is 1.70. The lowest BCUT2D eigenvalue weighted by atomic mass is 10.1. The molecule has 0 unspecified atom stereocenters. The van der Waals surface area contributed by atoms with Crippen molar-refractivity contribution < 1.29 is 13.2 Å². The number of benzene rings is 2. The lowest BCUT2D eigenvalue weighted by molar-refractivity contribution is -0.122. The number of hydrogen-bond acceptors (Lipinski definition) is 6. The number of sulfonamides is 1. The van der Waals surface area contributed by atoms with Crippen LogP contribution in [0.1, 0.15) is 18.5 Å². The van der Waals surface area contributed by atoms with Gasteiger partial charge in [-0.15, -0.1) is 10.2 Å². The van der Waals surface area contributed by atoms with Gasteiger partial charge in [-0.1, -0.05) is 42.5 Å². The van der Waals surface area contributed by atoms with Crippen molar-refractivity contribution >= 4 is 15.9 Å². The average Bonchev–Trinajstić information content (AvgIpc) is 3.10. The number of carbonyl (C=O) groups excluding carboxylic acids is 1. The van der Waals surface area contributed by atoms with Gasteiger partial charge in [0.25, 0.3) is 0 Å². The van der Waals surface area contributed by atoms with Crippen LogP contribution in [-0.2, 0) is 21.4 Å². The third kappa shape index (κ3) is 4.74. The summed E-state index contributed by atoms with van der Waals surface area (Å²) in [5.74, 6) is 0.144. The smallest absolute Gasteiger partial charge is 0.244 e. The molecule has 0 aliphatic carbocycles. The Hall–Kier alpha value is -3.11. The van der Waals surface area contributed by atoms with Crippen LogP contribution in [0.4, 0.5) is 0 Å². The number of amides is 1. The first kappa shape index (κ1) is 18.7. The van der Waals surface area contributed by atoms with Crippen LogP contribution in [0.3, 0.4) is 0 Å². The van der Waals surface area contributed by atoms with Crippen LogP contribution in [0.25, 0.3) is 11.4 Å². The number of nitrogens with two attached hydrogens (primary N) is 1. The molecule has 1 atom stereocenters. The monoisotopic (exact) mass is 386 g/mol. The zero-order chi connectivity index (χ0) is 19.4. The Kier molecular flexibility index (Phi) is 5.28. The Labute approximate surface area is 156 Å². The van der Waals surface area contributed by atoms with Gasteiger partial charge >= 0.3 is 0 Å². The fourth-order valence-electron chi connectivity index (χ4n) is 2.46. The third-order valence-electron chi connectivity index (χ3n) is 3.86. The van der Waals surface area contributed by atoms with Crippen LogP contribution in [0.5, 0.6) is 0 Å². The highest BCUT2D eigenvalue weighted by molar-refractivity contribution is 7.89. The van der Waals surface area contributed by atoms with Crippen LogP contribution in [0.2, 0.25) is 0 Å². The Balaban J connectivity index is 1.61. The fraction of sp³-hybridized carbons (Fsp3) is 0.176. The van der Waals surface area contributed by atoms with E-state index in [-0.39, 0.29) is 23.4 Å². The van der Waals surface area contributed by atoms with Crippen LogP contribution in [0.15, 0.2) is 59.5 Å². The van der Waals surface area contributed by atoms with Crippen molar-refractivity contribution in [3.05, 3.63) is 60.2 Å². The summed E-state index contributed by atoms with van der Waals surface area (Å²) in [6, 6.07) is 15.0. The molecule has 10 heteroatoms. The van der Waals surface area contributed by atoms with E-state index in [4.69, 9.17) is 5.14 Å². The number of tetrazole rings is 1. The average molecular weight is 386 g/mol. The molecule has 0 bridgehead atoms. The zero-order valence-corrected chi connectivity index (χ0v) is 15.3. The first-order chi connectivity index (χ1) is 12.8. The van der Waals surface area contributed by atoms with Crippen LogP contribution in [0, 0.1) is 0 Å². The summed E-state index contributed by atoms with van der Waals surface area (Å²) >= 11 is 0. The van der Waals surface area contributed by atoms with Gasteiger partial charge in [-0.2, -0.15) is 4.80 Å². The number of hydrogen-bond donors (Lipinski definition) is 2. The first-order valence-electron chi connectivity index (χ1n) is 8.08. The van der Waals surface area contributed by atoms with E-state index in [0.29, 0.717) is 5.82 Å². The minimum atomic E-state index is -3.74. The summed E-state index contributed by atoms with van der Waals surface area (Å²) in [5, 5.41) is 19.9. The van der Waals surface area contributed by atoms with Gasteiger partial charge in [0.1, 0.15) is 6.54 Å². The zero-order valence-electron chi connectivity index (χ0n) is 14.5. The summed E-state index contributed by atoms with van der Waals surface area (Å²) in [4.78, 5) is 13.4. The van der Waals surface area contributed by atoms with Crippen molar-refractivity contribution in [3.63, 3.8) is 0 Å². The van der Waals surface area contributed by atoms with Crippen LogP contribution in [-0.4, -0.2) is 34.5 Å². The van der Waals surface area contributed by atoms with E-state index in [2.05, 4.69) is 20.7 Å². The molecule has 1 amide bonds. The predicted octanol–water partition coefficient (Wildman–Crippen LogP) is 0.865. The number of nitrogens with one attached hydrogen (secondary N) is 1. The van der Waals surface area contributed by atoms with Gasteiger partial charge in [-0.3, -0.25) is 4.79 Å². The molecule has 1 aromatic heterocycles. The van der Waals surface area contributed by atoms with E-state index >= 15 is 0 Å². The molecule has 0 spiro atoms. The lowest BCUT2D eigenvalue weighted by Crippen LogP contribution is -2.30. The maximum absolute atomic E-state index is 12.2. The van der Waals surface area contributed by atoms with Crippen LogP contribution >= 0.6 is 0 Å². The van der Waals surface area contributed by atoms with E-state index in [9.17, 15) is 13.2 Å². The second-order valence-corrected chi connectivity index (χ2v) is 7.47. The molecule has 3 rings (SSSR count). The number of carbonyl (C=O) groups is 1. The van der Waals surface area contributed by atoms with Crippen molar-refractivity contribution in [2.24, 2.45) is 5.14 Å². The van der Waals surface area contributed by atoms with Gasteiger partial charge in [0.15, 0.2) is 0 Å². The van der Waals surface area contributed by atoms with Crippen molar-refractivity contribution in [2.45, 2.75) is 24.4 Å². The van der Waals surface area contributed by atoms with Crippen molar-refractivity contribution in [1.82, 2.24) is 25.5 Å². The van der Waals surface area contributed by atoms with Crippen LogP contribution < -0.4 is 10.5 Å². The van der Waals surface area contributed by atoms with E-state index in [1.165, 1.54) is 16.9 Å². The fourth-order valence-corrected chi connectivity index (χ4v) is 2.97. The molecule has 1 heterocycles. The molecule has 3 N–H and O–H groups in total. The predicted molar refractivity (Wildman–Crippen MR) is 97.6 cm³/mol. The lowest BCUT2D eigenvalue weighted by Gasteiger charge is -2.14. The summed E-state index contributed by atoms with van der Waals surface area (Å²) in [7, 11) is -3.74. The molecule has 0 saturated carbocycles. The second kappa shape index (κ2) is 7.64. The minimum Gasteiger partial charge on any atom is -0.348 e. The topological polar surface area (TPSA) is 133 Å². The molecule has 3 aromatic rings. The molecule has 0 aliphatic heterocycles. The molecule has 0 radical (unpaired) electrons. The third-order valence-corrected chi connectivity index (χ3v) is 4.79. The molecular weight excluding hydrogens is 368 g/mol. The van der Waals surface area contributed by atoms with E-state index in [0.717, 1.165) is 11.1 Å². The molecular formula is C17H18N6O3S. The number of aromatic nitrogens is 4. The van der Waals surface area contributed by atoms with Gasteiger partial charge in [0.05, 0.1) is 10.9 Å². The maximum atomic E-state index is 12.2. The molecule has 27 heavy (non-hydrogen) atoms. The van der Waals surface area contributed by atoms with Gasteiger partial charge in [-0.05, 0) is 29.8 Å². The summed E-state index contributed by atoms with van der Waals surface area (Å²) in [5.41, 5.74) is 1.56. The molecule has 0 saturated heterocycles. The minimum absolute atomic E-state index is 0.0185. The Bertz CT molecular complexity index is 1030. The highest BCUT2D eigenvalue weighted by Gasteiger charge is 2.14. The van der Waals surface area contributed by atoms with Crippen molar-refractivity contribution in [3.8, 4) is 11.4 Å². The molecule has 140 valence electrons. The Morgan fingerprint density at radius 1 is 1.15 bits per heavy atom. The Morgan fingerprint density at radius 3 is 2.44 bits per heavy atom. The normalized spacial score (nSPS) is 12.5. The number of rotatable bonds is 6. The van der Waals surface area contributed by atoms with E-state index in [1.54, 1.807) is 19.1 Å². The van der Waals surface area contributed by atoms with Gasteiger partial charge in [-0.25, -0.2) is 13.6 Å². The number of primary sulfonamides is 1. The highest BCUT2D eigenvalue weighted by atomic mass is 32.2. The quantitative estimate of drug-likeness (QED) is 0.646. The van der Waals surface area contributed by atoms with Gasteiger partial charge in [0.2, 0.25) is 21.8 Å². The summed E-state index contributed by atoms with van der Waals surface area (Å²) in [6.07, 6.45) is 0. The first-order valence-corrected chi connectivity index (χ1v) is 9.63. The Morgan fingerprint density at radius 2 is 1.81 bits per heavy atom. The molecule has 0 fully saturated rings. The molecule has 9 nitrogen and oxygen atoms in total.